The molecule has 2 aromatic rings. The monoisotopic (exact) mass is 473 g/mol. The third kappa shape index (κ3) is 3.80. The molecule has 1 unspecified atom stereocenters. The van der Waals surface area contributed by atoms with Crippen molar-refractivity contribution >= 4 is 17.6 Å². The molecule has 34 heavy (non-hydrogen) atoms. The Balaban J connectivity index is 1.12. The minimum Gasteiger partial charge on any atom is -0.479 e. The summed E-state index contributed by atoms with van der Waals surface area (Å²) < 4.78 is 43.6. The van der Waals surface area contributed by atoms with E-state index >= 15 is 0 Å². The van der Waals surface area contributed by atoms with Crippen LogP contribution in [0.4, 0.5) is 13.2 Å². The number of hydrogen-bond donors (Lipinski definition) is 2. The number of carbonyl (C=O) groups is 3. The van der Waals surface area contributed by atoms with Crippen molar-refractivity contribution in [2.75, 3.05) is 0 Å². The number of nitrogens with zero attached hydrogens (tertiary/aromatic N) is 1. The van der Waals surface area contributed by atoms with E-state index in [9.17, 15) is 27.6 Å². The molecular weight excluding hydrogens is 451 g/mol. The summed E-state index contributed by atoms with van der Waals surface area (Å²) in [6.45, 7) is 1.90. The summed E-state index contributed by atoms with van der Waals surface area (Å²) in [7, 11) is 0. The Morgan fingerprint density at radius 2 is 1.91 bits per heavy atom. The van der Waals surface area contributed by atoms with E-state index in [1.165, 1.54) is 6.07 Å². The predicted octanol–water partition coefficient (Wildman–Crippen LogP) is 3.10. The Morgan fingerprint density at radius 1 is 1.18 bits per heavy atom. The number of carbonyl (C=O) groups excluding carboxylic acids is 3. The zero-order valence-corrected chi connectivity index (χ0v) is 18.3. The van der Waals surface area contributed by atoms with Crippen molar-refractivity contribution in [3.05, 3.63) is 58.9 Å². The van der Waals surface area contributed by atoms with Gasteiger partial charge in [-0.25, -0.2) is 0 Å². The van der Waals surface area contributed by atoms with Gasteiger partial charge in [0, 0.05) is 11.7 Å². The highest BCUT2D eigenvalue weighted by Gasteiger charge is 2.72. The number of pyridine rings is 1. The average Bonchev–Trinajstić information content (AvgIpc) is 2.73. The number of ketones is 1. The maximum absolute atomic E-state index is 12.8. The van der Waals surface area contributed by atoms with Crippen LogP contribution in [0.1, 0.15) is 52.9 Å². The Bertz CT molecular complexity index is 1170. The molecule has 0 radical (unpaired) electrons. The topological polar surface area (TPSA) is 97.4 Å². The van der Waals surface area contributed by atoms with Gasteiger partial charge in [-0.3, -0.25) is 19.4 Å². The van der Waals surface area contributed by atoms with Gasteiger partial charge in [-0.15, -0.1) is 0 Å². The number of hydrogen-bond acceptors (Lipinski definition) is 5. The number of fused-ring (bicyclic) bond motifs is 1. The second-order valence-corrected chi connectivity index (χ2v) is 9.53. The Labute approximate surface area is 193 Å². The summed E-state index contributed by atoms with van der Waals surface area (Å²) in [5.41, 5.74) is -0.182. The molecule has 178 valence electrons. The summed E-state index contributed by atoms with van der Waals surface area (Å²) in [6.07, 6.45) is -3.27. The summed E-state index contributed by atoms with van der Waals surface area (Å²) in [5, 5.41) is 5.68. The van der Waals surface area contributed by atoms with E-state index in [0.29, 0.717) is 36.3 Å². The van der Waals surface area contributed by atoms with E-state index in [1.807, 2.05) is 13.0 Å². The number of alkyl halides is 3. The van der Waals surface area contributed by atoms with Crippen LogP contribution < -0.4 is 15.4 Å². The first-order chi connectivity index (χ1) is 16.0. The molecule has 1 aromatic carbocycles. The largest absolute Gasteiger partial charge is 0.479 e. The number of nitrogens with one attached hydrogen (secondary N) is 2. The molecule has 4 aliphatic rings. The van der Waals surface area contributed by atoms with Gasteiger partial charge >= 0.3 is 6.18 Å². The highest BCUT2D eigenvalue weighted by Crippen LogP contribution is 2.67. The zero-order chi connectivity index (χ0) is 24.3. The van der Waals surface area contributed by atoms with Crippen molar-refractivity contribution < 1.29 is 32.3 Å². The summed E-state index contributed by atoms with van der Waals surface area (Å²) >= 11 is 0. The van der Waals surface area contributed by atoms with Crippen molar-refractivity contribution in [3.8, 4) is 5.75 Å². The van der Waals surface area contributed by atoms with Gasteiger partial charge in [0.1, 0.15) is 5.75 Å². The number of aromatic nitrogens is 1. The van der Waals surface area contributed by atoms with Crippen LogP contribution >= 0.6 is 0 Å². The molecule has 1 aliphatic heterocycles. The molecule has 6 rings (SSSR count). The lowest BCUT2D eigenvalue weighted by molar-refractivity contribution is -0.185. The number of halogens is 3. The lowest BCUT2D eigenvalue weighted by Gasteiger charge is -2.69. The van der Waals surface area contributed by atoms with Crippen LogP contribution in [0.25, 0.3) is 0 Å². The van der Waals surface area contributed by atoms with Crippen LogP contribution in [0.15, 0.2) is 36.5 Å². The Morgan fingerprint density at radius 3 is 2.56 bits per heavy atom. The average molecular weight is 473 g/mol. The fourth-order valence-electron chi connectivity index (χ4n) is 5.14. The smallest absolute Gasteiger partial charge is 0.417 e. The van der Waals surface area contributed by atoms with Gasteiger partial charge in [0.25, 0.3) is 5.91 Å². The molecule has 2 bridgehead atoms. The molecule has 3 aliphatic carbocycles. The van der Waals surface area contributed by atoms with Crippen molar-refractivity contribution in [3.63, 3.8) is 0 Å². The Kier molecular flexibility index (Phi) is 4.96. The lowest BCUT2D eigenvalue weighted by Crippen LogP contribution is -2.79. The first-order valence-electron chi connectivity index (χ1n) is 10.9. The third-order valence-corrected chi connectivity index (χ3v) is 6.85. The van der Waals surface area contributed by atoms with Gasteiger partial charge in [0.2, 0.25) is 5.91 Å². The molecule has 7 nitrogen and oxygen atoms in total. The van der Waals surface area contributed by atoms with E-state index in [2.05, 4.69) is 15.6 Å². The fourth-order valence-corrected chi connectivity index (χ4v) is 5.14. The minimum absolute atomic E-state index is 0.0228. The fraction of sp³-hybridized carbons (Fsp3) is 0.417. The summed E-state index contributed by atoms with van der Waals surface area (Å²) in [5.74, 6) is -0.330. The van der Waals surface area contributed by atoms with Crippen LogP contribution in [-0.2, 0) is 22.3 Å². The molecule has 0 spiro atoms. The zero-order valence-electron chi connectivity index (χ0n) is 18.3. The van der Waals surface area contributed by atoms with Crippen molar-refractivity contribution in [2.45, 2.75) is 57.0 Å². The number of Topliss-reactive ketones (excluding diaryl/α,β-unsaturated/α-hetero) is 1. The van der Waals surface area contributed by atoms with E-state index in [-0.39, 0.29) is 30.6 Å². The standard InChI is InChI=1S/C24H22F3N3O4/c1-13-2-5-18-16(6-13)17(31)7-19(34-18)20(32)30-23-10-22(11-23,12-23)21(33)29-9-15-4-3-14(8-28-15)24(25,26)27/h2-6,8,19H,7,9-12H2,1H3,(H,29,33)(H,30,32). The van der Waals surface area contributed by atoms with E-state index in [1.54, 1.807) is 12.1 Å². The maximum atomic E-state index is 12.8. The third-order valence-electron chi connectivity index (χ3n) is 6.85. The van der Waals surface area contributed by atoms with Gasteiger partial charge in [-0.05, 0) is 50.5 Å². The molecular formula is C24H22F3N3O4. The molecule has 1 atom stereocenters. The second-order valence-electron chi connectivity index (χ2n) is 9.53. The summed E-state index contributed by atoms with van der Waals surface area (Å²) in [4.78, 5) is 41.6. The molecule has 2 N–H and O–H groups in total. The highest BCUT2D eigenvalue weighted by molar-refractivity contribution is 6.03. The van der Waals surface area contributed by atoms with E-state index < -0.39 is 28.8 Å². The SMILES string of the molecule is Cc1ccc2c(c1)C(=O)CC(C(=O)NC13CC(C(=O)NCc4ccc(C(F)(F)F)cn4)(C1)C3)O2. The molecule has 1 aromatic heterocycles. The van der Waals surface area contributed by atoms with Gasteiger partial charge in [0.15, 0.2) is 11.9 Å². The van der Waals surface area contributed by atoms with E-state index in [4.69, 9.17) is 4.74 Å². The molecule has 2 heterocycles. The molecule has 2 amide bonds. The second kappa shape index (κ2) is 7.54. The highest BCUT2D eigenvalue weighted by atomic mass is 19.4. The van der Waals surface area contributed by atoms with Crippen molar-refractivity contribution in [1.29, 1.82) is 0 Å². The number of amides is 2. The molecule has 3 fully saturated rings. The molecule has 10 heteroatoms. The number of aryl methyl sites for hydroxylation is 1. The predicted molar refractivity (Wildman–Crippen MR) is 113 cm³/mol. The minimum atomic E-state index is -4.46. The van der Waals surface area contributed by atoms with Crippen molar-refractivity contribution in [2.24, 2.45) is 5.41 Å². The molecule has 3 saturated carbocycles. The first kappa shape index (κ1) is 22.4. The normalized spacial score (nSPS) is 26.9. The van der Waals surface area contributed by atoms with Gasteiger partial charge < -0.3 is 15.4 Å². The van der Waals surface area contributed by atoms with Crippen LogP contribution in [0, 0.1) is 12.3 Å². The van der Waals surface area contributed by atoms with Crippen molar-refractivity contribution in [1.82, 2.24) is 15.6 Å². The quantitative estimate of drug-likeness (QED) is 0.696. The van der Waals surface area contributed by atoms with Gasteiger partial charge in [0.05, 0.1) is 35.2 Å². The van der Waals surface area contributed by atoms with Crippen LogP contribution in [0.2, 0.25) is 0 Å². The molecule has 0 saturated heterocycles. The number of rotatable bonds is 5. The van der Waals surface area contributed by atoms with Gasteiger partial charge in [-0.1, -0.05) is 11.6 Å². The Hall–Kier alpha value is -3.43. The first-order valence-corrected chi connectivity index (χ1v) is 10.9. The van der Waals surface area contributed by atoms with E-state index in [0.717, 1.165) is 17.8 Å². The number of benzene rings is 1. The van der Waals surface area contributed by atoms with Gasteiger partial charge in [-0.2, -0.15) is 13.2 Å². The summed E-state index contributed by atoms with van der Waals surface area (Å²) in [6, 6.07) is 7.41. The van der Waals surface area contributed by atoms with Crippen LogP contribution in [0.5, 0.6) is 5.75 Å². The maximum Gasteiger partial charge on any atom is 0.417 e. The van der Waals surface area contributed by atoms with Crippen LogP contribution in [-0.4, -0.2) is 34.2 Å². The lowest BCUT2D eigenvalue weighted by atomic mass is 9.39. The van der Waals surface area contributed by atoms with Crippen LogP contribution in [0.3, 0.4) is 0 Å². The number of ether oxygens (including phenoxy) is 1.